The van der Waals surface area contributed by atoms with Gasteiger partial charge in [-0.15, -0.1) is 0 Å². The molecule has 2 aliphatic rings. The second-order valence-corrected chi connectivity index (χ2v) is 11.4. The van der Waals surface area contributed by atoms with Gasteiger partial charge in [0.05, 0.1) is 18.9 Å². The van der Waals surface area contributed by atoms with E-state index in [9.17, 15) is 14.0 Å². The number of ether oxygens (including phenoxy) is 2. The van der Waals surface area contributed by atoms with Crippen LogP contribution in [0.15, 0.2) is 107 Å². The molecule has 1 unspecified atom stereocenters. The third-order valence-electron chi connectivity index (χ3n) is 7.69. The molecule has 0 radical (unpaired) electrons. The van der Waals surface area contributed by atoms with Gasteiger partial charge in [-0.3, -0.25) is 4.79 Å². The van der Waals surface area contributed by atoms with Gasteiger partial charge in [0.1, 0.15) is 23.1 Å². The van der Waals surface area contributed by atoms with Crippen molar-refractivity contribution in [2.75, 3.05) is 26.3 Å². The lowest BCUT2D eigenvalue weighted by atomic mass is 9.91. The van der Waals surface area contributed by atoms with Crippen LogP contribution in [0.4, 0.5) is 8.78 Å². The van der Waals surface area contributed by atoms with E-state index in [1.807, 2.05) is 44.2 Å². The summed E-state index contributed by atoms with van der Waals surface area (Å²) >= 11 is 0. The zero-order chi connectivity index (χ0) is 32.0. The van der Waals surface area contributed by atoms with E-state index in [1.165, 1.54) is 17.0 Å². The molecule has 45 heavy (non-hydrogen) atoms. The van der Waals surface area contributed by atoms with Crippen molar-refractivity contribution in [1.82, 2.24) is 10.2 Å². The molecule has 3 aromatic rings. The van der Waals surface area contributed by atoms with Gasteiger partial charge in [0.2, 0.25) is 5.54 Å². The molecule has 1 atom stereocenters. The van der Waals surface area contributed by atoms with Crippen LogP contribution in [-0.4, -0.2) is 54.2 Å². The van der Waals surface area contributed by atoms with Crippen molar-refractivity contribution < 1.29 is 27.8 Å². The minimum absolute atomic E-state index is 0.00957. The fraction of sp³-hybridized carbons (Fsp3) is 0.306. The summed E-state index contributed by atoms with van der Waals surface area (Å²) in [4.78, 5) is 33.4. The first-order valence-electron chi connectivity index (χ1n) is 15.2. The topological polar surface area (TPSA) is 80.2 Å². The molecule has 0 bridgehead atoms. The number of fused-ring (bicyclic) bond motifs is 1. The standard InChI is InChI=1S/C36H37F2N3O4/c1-4-44-35(43)36(23-39-19-18-25-10-6-5-7-11-25)31(42)21-32-40-34(26-14-16-28(17-15-26)45-22-24(2)3)33(38)30(41(32)36)20-27-12-8-9-13-29(27)37/h5-17,21,24,39H,4,18-20,22-23H2,1-3H3. The van der Waals surface area contributed by atoms with Gasteiger partial charge in [0.15, 0.2) is 11.6 Å². The largest absolute Gasteiger partial charge is 0.493 e. The van der Waals surface area contributed by atoms with E-state index in [0.717, 1.165) is 5.56 Å². The lowest BCUT2D eigenvalue weighted by Crippen LogP contribution is -2.62. The van der Waals surface area contributed by atoms with Crippen LogP contribution in [0.3, 0.4) is 0 Å². The minimum Gasteiger partial charge on any atom is -0.493 e. The number of benzene rings is 3. The predicted molar refractivity (Wildman–Crippen MR) is 169 cm³/mol. The van der Waals surface area contributed by atoms with Crippen molar-refractivity contribution in [3.05, 3.63) is 125 Å². The van der Waals surface area contributed by atoms with E-state index in [0.29, 0.717) is 36.8 Å². The summed E-state index contributed by atoms with van der Waals surface area (Å²) in [7, 11) is 0. The van der Waals surface area contributed by atoms with Crippen LogP contribution in [0.1, 0.15) is 37.5 Å². The minimum atomic E-state index is -1.97. The number of rotatable bonds is 13. The molecule has 0 aromatic heterocycles. The Labute approximate surface area is 262 Å². The van der Waals surface area contributed by atoms with Crippen LogP contribution in [0.5, 0.6) is 5.75 Å². The first-order valence-corrected chi connectivity index (χ1v) is 15.2. The highest BCUT2D eigenvalue weighted by Gasteiger charge is 2.58. The second kappa shape index (κ2) is 14.0. The Bertz CT molecular complexity index is 1630. The summed E-state index contributed by atoms with van der Waals surface area (Å²) in [5, 5.41) is 3.22. The summed E-state index contributed by atoms with van der Waals surface area (Å²) < 4.78 is 43.0. The Morgan fingerprint density at radius 2 is 1.71 bits per heavy atom. The zero-order valence-electron chi connectivity index (χ0n) is 25.7. The fourth-order valence-corrected chi connectivity index (χ4v) is 5.43. The summed E-state index contributed by atoms with van der Waals surface area (Å²) in [6, 6.07) is 22.6. The number of esters is 1. The lowest BCUT2D eigenvalue weighted by molar-refractivity contribution is -0.157. The Balaban J connectivity index is 1.54. The normalized spacial score (nSPS) is 17.7. The van der Waals surface area contributed by atoms with Gasteiger partial charge in [-0.2, -0.15) is 0 Å². The third kappa shape index (κ3) is 6.73. The van der Waals surface area contributed by atoms with Gasteiger partial charge >= 0.3 is 5.97 Å². The van der Waals surface area contributed by atoms with Crippen molar-refractivity contribution in [3.63, 3.8) is 0 Å². The van der Waals surface area contributed by atoms with Crippen LogP contribution in [0, 0.1) is 11.7 Å². The highest BCUT2D eigenvalue weighted by molar-refractivity contribution is 6.19. The highest BCUT2D eigenvalue weighted by atomic mass is 19.1. The molecule has 7 nitrogen and oxygen atoms in total. The molecule has 2 aliphatic heterocycles. The van der Waals surface area contributed by atoms with Gasteiger partial charge in [0, 0.05) is 24.6 Å². The quantitative estimate of drug-likeness (QED) is 0.146. The second-order valence-electron chi connectivity index (χ2n) is 11.4. The van der Waals surface area contributed by atoms with Crippen LogP contribution in [0.2, 0.25) is 0 Å². The van der Waals surface area contributed by atoms with E-state index in [4.69, 9.17) is 9.47 Å². The molecular formula is C36H37F2N3O4. The first kappa shape index (κ1) is 31.8. The van der Waals surface area contributed by atoms with E-state index < -0.39 is 28.9 Å². The number of allylic oxidation sites excluding steroid dienone is 2. The van der Waals surface area contributed by atoms with Crippen molar-refractivity contribution >= 4 is 17.5 Å². The molecule has 0 saturated carbocycles. The maximum Gasteiger partial charge on any atom is 0.341 e. The van der Waals surface area contributed by atoms with Gasteiger partial charge < -0.3 is 19.7 Å². The molecular weight excluding hydrogens is 576 g/mol. The van der Waals surface area contributed by atoms with Crippen molar-refractivity contribution in [3.8, 4) is 5.75 Å². The van der Waals surface area contributed by atoms with E-state index in [2.05, 4.69) is 10.3 Å². The highest BCUT2D eigenvalue weighted by Crippen LogP contribution is 2.42. The van der Waals surface area contributed by atoms with Crippen molar-refractivity contribution in [2.45, 2.75) is 39.2 Å². The van der Waals surface area contributed by atoms with Gasteiger partial charge in [-0.1, -0.05) is 62.4 Å². The molecule has 1 N–H and O–H groups in total. The fourth-order valence-electron chi connectivity index (χ4n) is 5.43. The Morgan fingerprint density at radius 1 is 1.00 bits per heavy atom. The van der Waals surface area contributed by atoms with Gasteiger partial charge in [0.25, 0.3) is 0 Å². The van der Waals surface area contributed by atoms with Gasteiger partial charge in [-0.05, 0) is 67.3 Å². The number of nitrogens with zero attached hydrogens (tertiary/aromatic N) is 2. The average Bonchev–Trinajstić information content (AvgIpc) is 3.32. The summed E-state index contributed by atoms with van der Waals surface area (Å²) in [6.07, 6.45) is 1.65. The summed E-state index contributed by atoms with van der Waals surface area (Å²) in [5.74, 6) is -1.69. The number of hydrogen-bond donors (Lipinski definition) is 1. The molecule has 0 saturated heterocycles. The molecule has 234 valence electrons. The molecule has 0 fully saturated rings. The number of carbonyl (C=O) groups is 2. The van der Waals surface area contributed by atoms with E-state index in [1.54, 1.807) is 49.4 Å². The molecule has 5 rings (SSSR count). The van der Waals surface area contributed by atoms with Crippen LogP contribution < -0.4 is 10.1 Å². The van der Waals surface area contributed by atoms with Crippen molar-refractivity contribution in [1.29, 1.82) is 0 Å². The molecule has 0 spiro atoms. The average molecular weight is 614 g/mol. The third-order valence-corrected chi connectivity index (χ3v) is 7.69. The first-order chi connectivity index (χ1) is 21.7. The van der Waals surface area contributed by atoms with E-state index in [-0.39, 0.29) is 42.4 Å². The molecule has 2 heterocycles. The van der Waals surface area contributed by atoms with Crippen LogP contribution >= 0.6 is 0 Å². The molecule has 0 aliphatic carbocycles. The van der Waals surface area contributed by atoms with Crippen LogP contribution in [0.25, 0.3) is 0 Å². The lowest BCUT2D eigenvalue weighted by Gasteiger charge is -2.40. The monoisotopic (exact) mass is 613 g/mol. The maximum atomic E-state index is 16.8. The Morgan fingerprint density at radius 3 is 2.40 bits per heavy atom. The van der Waals surface area contributed by atoms with Gasteiger partial charge in [-0.25, -0.2) is 18.6 Å². The summed E-state index contributed by atoms with van der Waals surface area (Å²) in [6.45, 7) is 6.53. The molecule has 3 aromatic carbocycles. The smallest absolute Gasteiger partial charge is 0.341 e. The number of halogens is 2. The Hall–Kier alpha value is -4.63. The Kier molecular flexibility index (Phi) is 9.88. The maximum absolute atomic E-state index is 16.8. The number of carbonyl (C=O) groups excluding carboxylic acids is 2. The number of nitrogens with one attached hydrogen (secondary N) is 1. The SMILES string of the molecule is CCOC(=O)C1(CNCCc2ccccc2)C(=O)C=C2N=C(c3ccc(OCC(C)C)cc3)C(F)=C(Cc3ccccc3F)N21. The number of aliphatic imine (C=N–C) groups is 1. The summed E-state index contributed by atoms with van der Waals surface area (Å²) in [5.41, 5.74) is -0.327. The van der Waals surface area contributed by atoms with E-state index >= 15 is 4.39 Å². The zero-order valence-corrected chi connectivity index (χ0v) is 25.7. The number of ketones is 1. The van der Waals surface area contributed by atoms with Crippen molar-refractivity contribution in [2.24, 2.45) is 10.9 Å². The molecule has 0 amide bonds. The molecule has 9 heteroatoms. The van der Waals surface area contributed by atoms with Crippen LogP contribution in [-0.2, 0) is 27.2 Å². The number of hydrogen-bond acceptors (Lipinski definition) is 7. The predicted octanol–water partition coefficient (Wildman–Crippen LogP) is 5.95.